The Hall–Kier alpha value is 0.0400. The van der Waals surface area contributed by atoms with E-state index in [1.165, 1.54) is 0 Å². The van der Waals surface area contributed by atoms with Gasteiger partial charge in [-0.3, -0.25) is 0 Å². The zero-order valence-corrected chi connectivity index (χ0v) is 9.70. The summed E-state index contributed by atoms with van der Waals surface area (Å²) in [7, 11) is 0. The predicted octanol–water partition coefficient (Wildman–Crippen LogP) is 3.02. The smallest absolute Gasteiger partial charge is 0.134 e. The fourth-order valence-electron chi connectivity index (χ4n) is 1.07. The van der Waals surface area contributed by atoms with Gasteiger partial charge in [0.2, 0.25) is 0 Å². The Morgan fingerprint density at radius 1 is 1.43 bits per heavy atom. The molecule has 76 valence electrons. The Morgan fingerprint density at radius 3 is 2.79 bits per heavy atom. The quantitative estimate of drug-likeness (QED) is 0.770. The molecule has 0 atom stereocenters. The number of aromatic nitrogens is 1. The van der Waals surface area contributed by atoms with E-state index in [1.54, 1.807) is 6.07 Å². The van der Waals surface area contributed by atoms with Crippen LogP contribution in [0, 0.1) is 0 Å². The van der Waals surface area contributed by atoms with Gasteiger partial charge in [-0.2, -0.15) is 0 Å². The van der Waals surface area contributed by atoms with Crippen LogP contribution < -0.4 is 0 Å². The molecule has 0 unspecified atom stereocenters. The molecule has 2 heterocycles. The number of hydrogen-bond donors (Lipinski definition) is 0. The van der Waals surface area contributed by atoms with E-state index < -0.39 is 0 Å². The lowest BCUT2D eigenvalue weighted by Crippen LogP contribution is -2.30. The molecule has 0 N–H and O–H groups in total. The minimum absolute atomic E-state index is 0.440. The van der Waals surface area contributed by atoms with Gasteiger partial charge in [0.15, 0.2) is 0 Å². The number of pyridine rings is 1. The molecule has 14 heavy (non-hydrogen) atoms. The number of thioether (sulfide) groups is 1. The van der Waals surface area contributed by atoms with Crippen molar-refractivity contribution in [2.45, 2.75) is 11.0 Å². The van der Waals surface area contributed by atoms with Crippen LogP contribution in [0.5, 0.6) is 0 Å². The molecular weight excluding hydrogens is 241 g/mol. The van der Waals surface area contributed by atoms with Gasteiger partial charge in [-0.1, -0.05) is 29.3 Å². The van der Waals surface area contributed by atoms with Gasteiger partial charge in [-0.15, -0.1) is 11.8 Å². The molecule has 2 rings (SSSR count). The maximum atomic E-state index is 5.93. The van der Waals surface area contributed by atoms with Crippen molar-refractivity contribution < 1.29 is 4.74 Å². The van der Waals surface area contributed by atoms with Gasteiger partial charge in [0.1, 0.15) is 10.3 Å². The molecule has 0 radical (unpaired) electrons. The third kappa shape index (κ3) is 2.54. The van der Waals surface area contributed by atoms with E-state index in [1.807, 2.05) is 17.8 Å². The summed E-state index contributed by atoms with van der Waals surface area (Å²) < 4.78 is 5.08. The minimum atomic E-state index is 0.440. The summed E-state index contributed by atoms with van der Waals surface area (Å²) in [6.45, 7) is 1.70. The van der Waals surface area contributed by atoms with E-state index in [-0.39, 0.29) is 0 Å². The lowest BCUT2D eigenvalue weighted by atomic mass is 10.3. The van der Waals surface area contributed by atoms with Gasteiger partial charge in [0.05, 0.1) is 18.5 Å². The number of halogens is 2. The van der Waals surface area contributed by atoms with E-state index in [0.29, 0.717) is 15.6 Å². The molecule has 1 aromatic rings. The van der Waals surface area contributed by atoms with Crippen molar-refractivity contribution >= 4 is 35.0 Å². The minimum Gasteiger partial charge on any atom is -0.379 e. The van der Waals surface area contributed by atoms with Crippen molar-refractivity contribution in [3.05, 3.63) is 28.0 Å². The van der Waals surface area contributed by atoms with Crippen LogP contribution >= 0.6 is 35.0 Å². The van der Waals surface area contributed by atoms with Crippen LogP contribution in [0.15, 0.2) is 12.1 Å². The third-order valence-corrected chi connectivity index (χ3v) is 3.73. The Morgan fingerprint density at radius 2 is 2.21 bits per heavy atom. The largest absolute Gasteiger partial charge is 0.379 e. The zero-order valence-electron chi connectivity index (χ0n) is 7.37. The van der Waals surface area contributed by atoms with E-state index in [9.17, 15) is 0 Å². The molecule has 0 aromatic carbocycles. The first kappa shape index (κ1) is 10.6. The predicted molar refractivity (Wildman–Crippen MR) is 60.2 cm³/mol. The highest BCUT2D eigenvalue weighted by molar-refractivity contribution is 7.99. The van der Waals surface area contributed by atoms with Gasteiger partial charge >= 0.3 is 0 Å². The van der Waals surface area contributed by atoms with Crippen LogP contribution in [-0.2, 0) is 10.5 Å². The van der Waals surface area contributed by atoms with Crippen molar-refractivity contribution in [2.24, 2.45) is 0 Å². The highest BCUT2D eigenvalue weighted by Gasteiger charge is 2.19. The van der Waals surface area contributed by atoms with E-state index in [2.05, 4.69) is 4.98 Å². The first-order valence-electron chi connectivity index (χ1n) is 4.26. The van der Waals surface area contributed by atoms with Gasteiger partial charge < -0.3 is 4.74 Å². The van der Waals surface area contributed by atoms with Crippen LogP contribution in [0.3, 0.4) is 0 Å². The van der Waals surface area contributed by atoms with Gasteiger partial charge in [-0.05, 0) is 11.6 Å². The summed E-state index contributed by atoms with van der Waals surface area (Å²) in [5, 5.41) is 1.56. The lowest BCUT2D eigenvalue weighted by molar-refractivity contribution is 0.0455. The molecule has 1 aliphatic rings. The monoisotopic (exact) mass is 249 g/mol. The maximum Gasteiger partial charge on any atom is 0.134 e. The molecule has 0 aliphatic carbocycles. The molecule has 0 amide bonds. The summed E-state index contributed by atoms with van der Waals surface area (Å²) in [5.74, 6) is 0.872. The Labute approximate surface area is 96.9 Å². The number of nitrogens with zero attached hydrogens (tertiary/aromatic N) is 1. The standard InChI is InChI=1S/C9H9Cl2NOS/c10-8-2-1-6(9(11)12-8)5-14-7-3-13-4-7/h1-2,7H,3-5H2. The zero-order chi connectivity index (χ0) is 9.97. The summed E-state index contributed by atoms with van der Waals surface area (Å²) >= 11 is 13.5. The molecule has 1 saturated heterocycles. The second-order valence-corrected chi connectivity index (χ2v) is 5.09. The number of rotatable bonds is 3. The molecule has 0 bridgehead atoms. The summed E-state index contributed by atoms with van der Waals surface area (Å²) in [6, 6.07) is 3.69. The van der Waals surface area contributed by atoms with Crippen LogP contribution in [-0.4, -0.2) is 23.4 Å². The first-order valence-corrected chi connectivity index (χ1v) is 6.06. The van der Waals surface area contributed by atoms with Crippen molar-refractivity contribution in [1.82, 2.24) is 4.98 Å². The van der Waals surface area contributed by atoms with E-state index in [4.69, 9.17) is 27.9 Å². The summed E-state index contributed by atoms with van der Waals surface area (Å²) in [5.41, 5.74) is 1.04. The average molecular weight is 250 g/mol. The molecule has 1 aromatic heterocycles. The molecule has 0 saturated carbocycles. The molecular formula is C9H9Cl2NOS. The van der Waals surface area contributed by atoms with Crippen LogP contribution in [0.2, 0.25) is 10.3 Å². The Balaban J connectivity index is 1.94. The van der Waals surface area contributed by atoms with Gasteiger partial charge in [-0.25, -0.2) is 4.98 Å². The summed E-state index contributed by atoms with van der Waals surface area (Å²) in [4.78, 5) is 3.98. The van der Waals surface area contributed by atoms with Crippen molar-refractivity contribution in [3.8, 4) is 0 Å². The average Bonchev–Trinajstić information content (AvgIpc) is 2.05. The third-order valence-electron chi connectivity index (χ3n) is 1.97. The Bertz CT molecular complexity index is 331. The van der Waals surface area contributed by atoms with Gasteiger partial charge in [0.25, 0.3) is 0 Å². The summed E-state index contributed by atoms with van der Waals surface area (Å²) in [6.07, 6.45) is 0. The van der Waals surface area contributed by atoms with Crippen molar-refractivity contribution in [2.75, 3.05) is 13.2 Å². The second kappa shape index (κ2) is 4.71. The first-order chi connectivity index (χ1) is 6.75. The topological polar surface area (TPSA) is 22.1 Å². The van der Waals surface area contributed by atoms with Crippen LogP contribution in [0.4, 0.5) is 0 Å². The van der Waals surface area contributed by atoms with Crippen LogP contribution in [0.1, 0.15) is 5.56 Å². The van der Waals surface area contributed by atoms with E-state index >= 15 is 0 Å². The van der Waals surface area contributed by atoms with Crippen LogP contribution in [0.25, 0.3) is 0 Å². The van der Waals surface area contributed by atoms with Crippen molar-refractivity contribution in [3.63, 3.8) is 0 Å². The van der Waals surface area contributed by atoms with Crippen molar-refractivity contribution in [1.29, 1.82) is 0 Å². The molecule has 5 heteroatoms. The maximum absolute atomic E-state index is 5.93. The lowest BCUT2D eigenvalue weighted by Gasteiger charge is -2.25. The second-order valence-electron chi connectivity index (χ2n) is 3.05. The SMILES string of the molecule is Clc1ccc(CSC2COC2)c(Cl)n1. The Kier molecular flexibility index (Phi) is 3.55. The molecule has 2 nitrogen and oxygen atoms in total. The molecule has 1 fully saturated rings. The highest BCUT2D eigenvalue weighted by Crippen LogP contribution is 2.26. The van der Waals surface area contributed by atoms with Gasteiger partial charge in [0, 0.05) is 5.75 Å². The fourth-order valence-corrected chi connectivity index (χ4v) is 2.59. The number of ether oxygens (including phenoxy) is 1. The fraction of sp³-hybridized carbons (Fsp3) is 0.444. The number of hydrogen-bond acceptors (Lipinski definition) is 3. The molecule has 0 spiro atoms. The van der Waals surface area contributed by atoms with E-state index in [0.717, 1.165) is 24.5 Å². The highest BCUT2D eigenvalue weighted by atomic mass is 35.5. The normalized spacial score (nSPS) is 16.7. The molecule has 1 aliphatic heterocycles.